The Labute approximate surface area is 92.3 Å². The minimum Gasteiger partial charge on any atom is -0.356 e. The first-order valence-corrected chi connectivity index (χ1v) is 5.83. The highest BCUT2D eigenvalue weighted by Crippen LogP contribution is 2.24. The van der Waals surface area contributed by atoms with E-state index in [2.05, 4.69) is 48.9 Å². The maximum Gasteiger partial charge on any atom is 0.128 e. The SMILES string of the molecule is Cc1cccc(N2CC(C)CC(C)C2)n1. The Morgan fingerprint density at radius 1 is 1.20 bits per heavy atom. The highest BCUT2D eigenvalue weighted by atomic mass is 15.2. The number of rotatable bonds is 1. The van der Waals surface area contributed by atoms with E-state index in [1.807, 2.05) is 0 Å². The van der Waals surface area contributed by atoms with Crippen LogP contribution in [0.3, 0.4) is 0 Å². The Bertz CT molecular complexity index is 325. The van der Waals surface area contributed by atoms with Crippen molar-refractivity contribution in [3.63, 3.8) is 0 Å². The number of nitrogens with zero attached hydrogens (tertiary/aromatic N) is 2. The molecule has 1 fully saturated rings. The van der Waals surface area contributed by atoms with Gasteiger partial charge in [0.15, 0.2) is 0 Å². The van der Waals surface area contributed by atoms with Crippen LogP contribution in [0.1, 0.15) is 26.0 Å². The lowest BCUT2D eigenvalue weighted by molar-refractivity contribution is 0.355. The second-order valence-corrected chi connectivity index (χ2v) is 4.99. The molecule has 82 valence electrons. The van der Waals surface area contributed by atoms with Crippen LogP contribution in [0.25, 0.3) is 0 Å². The summed E-state index contributed by atoms with van der Waals surface area (Å²) in [5.41, 5.74) is 1.11. The van der Waals surface area contributed by atoms with Gasteiger partial charge in [-0.25, -0.2) is 4.98 Å². The van der Waals surface area contributed by atoms with Crippen LogP contribution in [0.4, 0.5) is 5.82 Å². The number of aromatic nitrogens is 1. The molecule has 0 bridgehead atoms. The zero-order chi connectivity index (χ0) is 10.8. The lowest BCUT2D eigenvalue weighted by Crippen LogP contribution is -2.39. The van der Waals surface area contributed by atoms with Crippen LogP contribution < -0.4 is 4.90 Å². The summed E-state index contributed by atoms with van der Waals surface area (Å²) in [6, 6.07) is 6.28. The van der Waals surface area contributed by atoms with Gasteiger partial charge in [-0.3, -0.25) is 0 Å². The van der Waals surface area contributed by atoms with Crippen molar-refractivity contribution in [2.75, 3.05) is 18.0 Å². The Morgan fingerprint density at radius 3 is 2.47 bits per heavy atom. The van der Waals surface area contributed by atoms with Crippen molar-refractivity contribution >= 4 is 5.82 Å². The molecule has 1 aliphatic heterocycles. The van der Waals surface area contributed by atoms with Gasteiger partial charge in [0.1, 0.15) is 5.82 Å². The average Bonchev–Trinajstić information content (AvgIpc) is 2.16. The molecule has 2 nitrogen and oxygen atoms in total. The minimum atomic E-state index is 0.788. The van der Waals surface area contributed by atoms with E-state index in [0.29, 0.717) is 0 Å². The second kappa shape index (κ2) is 4.21. The van der Waals surface area contributed by atoms with Crippen LogP contribution in [0.5, 0.6) is 0 Å². The zero-order valence-electron chi connectivity index (χ0n) is 9.90. The molecule has 1 aromatic rings. The van der Waals surface area contributed by atoms with Crippen molar-refractivity contribution in [2.24, 2.45) is 11.8 Å². The molecule has 0 amide bonds. The smallest absolute Gasteiger partial charge is 0.128 e. The van der Waals surface area contributed by atoms with Crippen LogP contribution in [0.2, 0.25) is 0 Å². The number of anilines is 1. The molecule has 0 spiro atoms. The highest BCUT2D eigenvalue weighted by Gasteiger charge is 2.22. The Balaban J connectivity index is 2.16. The average molecular weight is 204 g/mol. The van der Waals surface area contributed by atoms with E-state index in [1.54, 1.807) is 0 Å². The summed E-state index contributed by atoms with van der Waals surface area (Å²) in [4.78, 5) is 7.01. The molecule has 1 aromatic heterocycles. The molecule has 0 saturated carbocycles. The third-order valence-corrected chi connectivity index (χ3v) is 3.07. The fraction of sp³-hybridized carbons (Fsp3) is 0.615. The predicted octanol–water partition coefficient (Wildman–Crippen LogP) is 2.87. The third kappa shape index (κ3) is 2.49. The van der Waals surface area contributed by atoms with E-state index in [9.17, 15) is 0 Å². The molecule has 2 heteroatoms. The number of hydrogen-bond acceptors (Lipinski definition) is 2. The molecule has 2 atom stereocenters. The van der Waals surface area contributed by atoms with E-state index in [0.717, 1.165) is 36.4 Å². The third-order valence-electron chi connectivity index (χ3n) is 3.07. The molecule has 0 aliphatic carbocycles. The van der Waals surface area contributed by atoms with Gasteiger partial charge in [-0.15, -0.1) is 0 Å². The number of aryl methyl sites for hydroxylation is 1. The first kappa shape index (κ1) is 10.5. The van der Waals surface area contributed by atoms with Crippen molar-refractivity contribution in [1.82, 2.24) is 4.98 Å². The molecule has 2 rings (SSSR count). The summed E-state index contributed by atoms with van der Waals surface area (Å²) in [7, 11) is 0. The van der Waals surface area contributed by atoms with Crippen molar-refractivity contribution < 1.29 is 0 Å². The molecule has 2 heterocycles. The molecule has 0 N–H and O–H groups in total. The van der Waals surface area contributed by atoms with Gasteiger partial charge in [-0.2, -0.15) is 0 Å². The summed E-state index contributed by atoms with van der Waals surface area (Å²) < 4.78 is 0. The lowest BCUT2D eigenvalue weighted by atomic mass is 9.92. The van der Waals surface area contributed by atoms with E-state index in [1.165, 1.54) is 6.42 Å². The summed E-state index contributed by atoms with van der Waals surface area (Å²) in [5.74, 6) is 2.72. The predicted molar refractivity (Wildman–Crippen MR) is 64.1 cm³/mol. The van der Waals surface area contributed by atoms with Gasteiger partial charge in [0.25, 0.3) is 0 Å². The lowest BCUT2D eigenvalue weighted by Gasteiger charge is -2.35. The first-order valence-electron chi connectivity index (χ1n) is 5.83. The minimum absolute atomic E-state index is 0.788. The topological polar surface area (TPSA) is 16.1 Å². The Morgan fingerprint density at radius 2 is 1.87 bits per heavy atom. The normalized spacial score (nSPS) is 26.7. The summed E-state index contributed by atoms with van der Waals surface area (Å²) in [5, 5.41) is 0. The maximum absolute atomic E-state index is 4.59. The van der Waals surface area contributed by atoms with Gasteiger partial charge in [0.05, 0.1) is 0 Å². The molecular formula is C13H20N2. The van der Waals surface area contributed by atoms with E-state index >= 15 is 0 Å². The van der Waals surface area contributed by atoms with Crippen molar-refractivity contribution in [3.05, 3.63) is 23.9 Å². The molecule has 0 aromatic carbocycles. The van der Waals surface area contributed by atoms with Crippen LogP contribution >= 0.6 is 0 Å². The van der Waals surface area contributed by atoms with Gasteiger partial charge in [-0.05, 0) is 37.3 Å². The largest absolute Gasteiger partial charge is 0.356 e. The van der Waals surface area contributed by atoms with Crippen molar-refractivity contribution in [1.29, 1.82) is 0 Å². The van der Waals surface area contributed by atoms with E-state index in [-0.39, 0.29) is 0 Å². The monoisotopic (exact) mass is 204 g/mol. The fourth-order valence-corrected chi connectivity index (χ4v) is 2.55. The first-order chi connectivity index (χ1) is 7.15. The molecule has 15 heavy (non-hydrogen) atoms. The molecular weight excluding hydrogens is 184 g/mol. The maximum atomic E-state index is 4.59. The summed E-state index contributed by atoms with van der Waals surface area (Å²) in [6.45, 7) is 9.03. The van der Waals surface area contributed by atoms with Gasteiger partial charge >= 0.3 is 0 Å². The quantitative estimate of drug-likeness (QED) is 0.699. The van der Waals surface area contributed by atoms with Gasteiger partial charge in [0.2, 0.25) is 0 Å². The molecule has 0 radical (unpaired) electrons. The molecule has 1 aliphatic rings. The van der Waals surface area contributed by atoms with E-state index < -0.39 is 0 Å². The number of hydrogen-bond donors (Lipinski definition) is 0. The molecule has 2 unspecified atom stereocenters. The van der Waals surface area contributed by atoms with Crippen molar-refractivity contribution in [3.8, 4) is 0 Å². The van der Waals surface area contributed by atoms with Crippen LogP contribution in [-0.2, 0) is 0 Å². The van der Waals surface area contributed by atoms with Gasteiger partial charge in [0, 0.05) is 18.8 Å². The van der Waals surface area contributed by atoms with Crippen LogP contribution in [0.15, 0.2) is 18.2 Å². The zero-order valence-corrected chi connectivity index (χ0v) is 9.90. The summed E-state index contributed by atoms with van der Waals surface area (Å²) >= 11 is 0. The number of pyridine rings is 1. The Hall–Kier alpha value is -1.05. The van der Waals surface area contributed by atoms with Gasteiger partial charge in [-0.1, -0.05) is 19.9 Å². The Kier molecular flexibility index (Phi) is 2.94. The second-order valence-electron chi connectivity index (χ2n) is 4.99. The molecule has 1 saturated heterocycles. The van der Waals surface area contributed by atoms with Crippen LogP contribution in [-0.4, -0.2) is 18.1 Å². The number of piperidine rings is 1. The fourth-order valence-electron chi connectivity index (χ4n) is 2.55. The standard InChI is InChI=1S/C13H20N2/c1-10-7-11(2)9-15(8-10)13-6-4-5-12(3)14-13/h4-6,10-11H,7-9H2,1-3H3. The van der Waals surface area contributed by atoms with Crippen LogP contribution in [0, 0.1) is 18.8 Å². The highest BCUT2D eigenvalue weighted by molar-refractivity contribution is 5.39. The van der Waals surface area contributed by atoms with Gasteiger partial charge < -0.3 is 4.90 Å². The van der Waals surface area contributed by atoms with E-state index in [4.69, 9.17) is 0 Å². The van der Waals surface area contributed by atoms with Crippen molar-refractivity contribution in [2.45, 2.75) is 27.2 Å². The summed E-state index contributed by atoms with van der Waals surface area (Å²) in [6.07, 6.45) is 1.35.